The molecule has 1 fully saturated rings. The van der Waals surface area contributed by atoms with Crippen molar-refractivity contribution < 1.29 is 18.0 Å². The summed E-state index contributed by atoms with van der Waals surface area (Å²) in [4.78, 5) is 26.1. The summed E-state index contributed by atoms with van der Waals surface area (Å²) in [5.41, 5.74) is 6.91. The van der Waals surface area contributed by atoms with Gasteiger partial charge in [-0.1, -0.05) is 6.07 Å². The van der Waals surface area contributed by atoms with Crippen LogP contribution in [0.15, 0.2) is 21.7 Å². The fourth-order valence-corrected chi connectivity index (χ4v) is 8.00. The number of nitrogens with one attached hydrogen (secondary N) is 1. The van der Waals surface area contributed by atoms with E-state index in [0.717, 1.165) is 47.5 Å². The Kier molecular flexibility index (Phi) is 5.30. The molecule has 1 aliphatic heterocycles. The lowest BCUT2D eigenvalue weighted by Gasteiger charge is -2.22. The molecular formula is C18H21N3O4S3. The quantitative estimate of drug-likeness (QED) is 0.746. The number of hydrogen-bond acceptors (Lipinski definition) is 6. The van der Waals surface area contributed by atoms with Crippen molar-refractivity contribution in [3.05, 3.63) is 33.5 Å². The highest BCUT2D eigenvalue weighted by atomic mass is 32.2. The van der Waals surface area contributed by atoms with Crippen molar-refractivity contribution >= 4 is 49.5 Å². The van der Waals surface area contributed by atoms with Crippen LogP contribution in [0.25, 0.3) is 0 Å². The molecule has 1 atom stereocenters. The minimum atomic E-state index is -3.71. The molecule has 4 rings (SSSR count). The Labute approximate surface area is 171 Å². The van der Waals surface area contributed by atoms with Crippen LogP contribution in [0.2, 0.25) is 0 Å². The van der Waals surface area contributed by atoms with Crippen molar-refractivity contribution in [2.24, 2.45) is 5.73 Å². The third-order valence-corrected chi connectivity index (χ3v) is 9.71. The van der Waals surface area contributed by atoms with Crippen LogP contribution in [-0.4, -0.2) is 37.1 Å². The zero-order valence-electron chi connectivity index (χ0n) is 15.1. The molecule has 0 radical (unpaired) electrons. The molecule has 1 aliphatic carbocycles. The summed E-state index contributed by atoms with van der Waals surface area (Å²) in [5, 5.41) is 4.97. The standard InChI is InChI=1S/C18H21N3O4S3/c19-16(22)15-11-5-1-2-7-13(11)27-18(15)20-17(23)12-6-3-9-21(12)28(24,25)14-8-4-10-26-14/h4,8,10,12H,1-3,5-7,9H2,(H2,19,22)(H,20,23). The van der Waals surface area contributed by atoms with E-state index in [1.165, 1.54) is 15.6 Å². The summed E-state index contributed by atoms with van der Waals surface area (Å²) >= 11 is 2.52. The van der Waals surface area contributed by atoms with Gasteiger partial charge in [0, 0.05) is 11.4 Å². The maximum atomic E-state index is 13.0. The zero-order valence-corrected chi connectivity index (χ0v) is 17.6. The van der Waals surface area contributed by atoms with Gasteiger partial charge in [-0.25, -0.2) is 8.42 Å². The summed E-state index contributed by atoms with van der Waals surface area (Å²) in [5.74, 6) is -0.956. The topological polar surface area (TPSA) is 110 Å². The Morgan fingerprint density at radius 1 is 1.21 bits per heavy atom. The highest BCUT2D eigenvalue weighted by Gasteiger charge is 2.40. The molecule has 2 aromatic rings. The van der Waals surface area contributed by atoms with Gasteiger partial charge < -0.3 is 11.1 Å². The van der Waals surface area contributed by atoms with Crippen LogP contribution in [0.3, 0.4) is 0 Å². The molecule has 0 spiro atoms. The van der Waals surface area contributed by atoms with E-state index in [1.54, 1.807) is 17.5 Å². The van der Waals surface area contributed by atoms with Gasteiger partial charge in [-0.05, 0) is 55.5 Å². The minimum absolute atomic E-state index is 0.233. The first-order chi connectivity index (χ1) is 13.4. The lowest BCUT2D eigenvalue weighted by Crippen LogP contribution is -2.43. The highest BCUT2D eigenvalue weighted by molar-refractivity contribution is 7.91. The Morgan fingerprint density at radius 3 is 2.71 bits per heavy atom. The van der Waals surface area contributed by atoms with Gasteiger partial charge in [0.25, 0.3) is 15.9 Å². The summed E-state index contributed by atoms with van der Waals surface area (Å²) < 4.78 is 27.3. The fourth-order valence-electron chi connectivity index (χ4n) is 3.93. The van der Waals surface area contributed by atoms with Gasteiger partial charge in [0.2, 0.25) is 5.91 Å². The average molecular weight is 440 g/mol. The number of fused-ring (bicyclic) bond motifs is 1. The number of amides is 2. The van der Waals surface area contributed by atoms with Crippen molar-refractivity contribution in [1.29, 1.82) is 0 Å². The highest BCUT2D eigenvalue weighted by Crippen LogP contribution is 2.38. The molecule has 0 bridgehead atoms. The molecule has 7 nitrogen and oxygen atoms in total. The normalized spacial score (nSPS) is 20.1. The lowest BCUT2D eigenvalue weighted by atomic mass is 9.95. The molecule has 3 heterocycles. The van der Waals surface area contributed by atoms with E-state index >= 15 is 0 Å². The number of sulfonamides is 1. The van der Waals surface area contributed by atoms with Gasteiger partial charge in [-0.15, -0.1) is 22.7 Å². The molecule has 2 aliphatic rings. The average Bonchev–Trinajstić information content (AvgIpc) is 3.39. The number of nitrogens with two attached hydrogens (primary N) is 1. The van der Waals surface area contributed by atoms with E-state index in [0.29, 0.717) is 30.0 Å². The molecule has 150 valence electrons. The Bertz CT molecular complexity index is 1010. The zero-order chi connectivity index (χ0) is 19.9. The third-order valence-electron chi connectivity index (χ3n) is 5.22. The monoisotopic (exact) mass is 439 g/mol. The largest absolute Gasteiger partial charge is 0.365 e. The Balaban J connectivity index is 1.60. The molecule has 3 N–H and O–H groups in total. The fraction of sp³-hybridized carbons (Fsp3) is 0.444. The van der Waals surface area contributed by atoms with Crippen LogP contribution in [-0.2, 0) is 27.7 Å². The minimum Gasteiger partial charge on any atom is -0.365 e. The van der Waals surface area contributed by atoms with Crippen LogP contribution < -0.4 is 11.1 Å². The first kappa shape index (κ1) is 19.6. The summed E-state index contributed by atoms with van der Waals surface area (Å²) in [6.45, 7) is 0.307. The predicted octanol–water partition coefficient (Wildman–Crippen LogP) is 2.58. The van der Waals surface area contributed by atoms with Crippen molar-refractivity contribution in [3.8, 4) is 0 Å². The maximum Gasteiger partial charge on any atom is 0.253 e. The Hall–Kier alpha value is -1.75. The number of rotatable bonds is 5. The molecule has 0 saturated carbocycles. The molecule has 2 amide bonds. The number of carbonyl (C=O) groups is 2. The lowest BCUT2D eigenvalue weighted by molar-refractivity contribution is -0.119. The third kappa shape index (κ3) is 3.38. The molecule has 10 heteroatoms. The SMILES string of the molecule is NC(=O)c1c(NC(=O)C2CCCN2S(=O)(=O)c2cccs2)sc2c1CCCC2. The second-order valence-corrected chi connectivity index (χ2v) is 11.1. The number of hydrogen-bond donors (Lipinski definition) is 2. The number of nitrogens with zero attached hydrogens (tertiary/aromatic N) is 1. The second-order valence-electron chi connectivity index (χ2n) is 6.97. The number of carbonyl (C=O) groups excluding carboxylic acids is 2. The van der Waals surface area contributed by atoms with Gasteiger partial charge in [-0.3, -0.25) is 9.59 Å². The van der Waals surface area contributed by atoms with Gasteiger partial charge >= 0.3 is 0 Å². The number of thiophene rings is 2. The van der Waals surface area contributed by atoms with Gasteiger partial charge in [-0.2, -0.15) is 4.31 Å². The Morgan fingerprint density at radius 2 is 2.00 bits per heavy atom. The van der Waals surface area contributed by atoms with Gasteiger partial charge in [0.15, 0.2) is 0 Å². The van der Waals surface area contributed by atoms with E-state index in [-0.39, 0.29) is 4.21 Å². The first-order valence-electron chi connectivity index (χ1n) is 9.20. The smallest absolute Gasteiger partial charge is 0.253 e. The van der Waals surface area contributed by atoms with Crippen LogP contribution >= 0.6 is 22.7 Å². The van der Waals surface area contributed by atoms with Gasteiger partial charge in [0.1, 0.15) is 15.3 Å². The van der Waals surface area contributed by atoms with Crippen molar-refractivity contribution in [2.45, 2.75) is 48.8 Å². The summed E-state index contributed by atoms with van der Waals surface area (Å²) in [7, 11) is -3.71. The van der Waals surface area contributed by atoms with Crippen molar-refractivity contribution in [3.63, 3.8) is 0 Å². The second kappa shape index (κ2) is 7.58. The van der Waals surface area contributed by atoms with E-state index < -0.39 is 27.9 Å². The molecule has 0 aromatic carbocycles. The van der Waals surface area contributed by atoms with Crippen LogP contribution in [0, 0.1) is 0 Å². The first-order valence-corrected chi connectivity index (χ1v) is 12.3. The van der Waals surface area contributed by atoms with E-state index in [1.807, 2.05) is 0 Å². The van der Waals surface area contributed by atoms with Crippen molar-refractivity contribution in [2.75, 3.05) is 11.9 Å². The van der Waals surface area contributed by atoms with E-state index in [4.69, 9.17) is 5.73 Å². The number of aryl methyl sites for hydroxylation is 1. The summed E-state index contributed by atoms with van der Waals surface area (Å²) in [6.07, 6.45) is 4.77. The van der Waals surface area contributed by atoms with E-state index in [2.05, 4.69) is 5.32 Å². The molecule has 1 unspecified atom stereocenters. The van der Waals surface area contributed by atoms with E-state index in [9.17, 15) is 18.0 Å². The molecule has 1 saturated heterocycles. The number of primary amides is 1. The van der Waals surface area contributed by atoms with Crippen LogP contribution in [0.4, 0.5) is 5.00 Å². The predicted molar refractivity (Wildman–Crippen MR) is 109 cm³/mol. The van der Waals surface area contributed by atoms with Crippen LogP contribution in [0.1, 0.15) is 46.5 Å². The summed E-state index contributed by atoms with van der Waals surface area (Å²) in [6, 6.07) is 2.44. The van der Waals surface area contributed by atoms with Crippen LogP contribution in [0.5, 0.6) is 0 Å². The number of anilines is 1. The maximum absolute atomic E-state index is 13.0. The van der Waals surface area contributed by atoms with Gasteiger partial charge in [0.05, 0.1) is 5.56 Å². The van der Waals surface area contributed by atoms with Crippen molar-refractivity contribution in [1.82, 2.24) is 4.31 Å². The molecule has 28 heavy (non-hydrogen) atoms. The molecule has 2 aromatic heterocycles. The molecular weight excluding hydrogens is 418 g/mol.